The maximum absolute atomic E-state index is 11.6. The van der Waals surface area contributed by atoms with E-state index < -0.39 is 0 Å². The van der Waals surface area contributed by atoms with Crippen molar-refractivity contribution in [3.8, 4) is 5.75 Å². The molecule has 76 valence electrons. The van der Waals surface area contributed by atoms with Gasteiger partial charge in [-0.25, -0.2) is 0 Å². The van der Waals surface area contributed by atoms with E-state index in [9.17, 15) is 9.90 Å². The lowest BCUT2D eigenvalue weighted by molar-refractivity contribution is 0.0984. The third-order valence-electron chi connectivity index (χ3n) is 2.25. The van der Waals surface area contributed by atoms with Gasteiger partial charge in [0.15, 0.2) is 5.78 Å². The molecule has 2 heteroatoms. The Balaban J connectivity index is 3.15. The zero-order valence-electron chi connectivity index (χ0n) is 8.71. The van der Waals surface area contributed by atoms with Gasteiger partial charge in [-0.3, -0.25) is 4.79 Å². The van der Waals surface area contributed by atoms with Crippen LogP contribution in [0.5, 0.6) is 5.75 Å². The fourth-order valence-electron chi connectivity index (χ4n) is 1.56. The monoisotopic (exact) mass is 192 g/mol. The van der Waals surface area contributed by atoms with Crippen LogP contribution >= 0.6 is 0 Å². The lowest BCUT2D eigenvalue weighted by Gasteiger charge is -2.08. The minimum Gasteiger partial charge on any atom is -0.507 e. The average molecular weight is 192 g/mol. The lowest BCUT2D eigenvalue weighted by Crippen LogP contribution is -2.02. The van der Waals surface area contributed by atoms with Crippen LogP contribution in [0.2, 0.25) is 0 Å². The van der Waals surface area contributed by atoms with Gasteiger partial charge in [0.2, 0.25) is 0 Å². The first kappa shape index (κ1) is 10.8. The predicted octanol–water partition coefficient (Wildman–Crippen LogP) is 2.94. The molecule has 0 aromatic heterocycles. The minimum absolute atomic E-state index is 0.0200. The summed E-state index contributed by atoms with van der Waals surface area (Å²) in [5.41, 5.74) is 1.47. The van der Waals surface area contributed by atoms with Crippen molar-refractivity contribution in [2.45, 2.75) is 33.1 Å². The normalized spacial score (nSPS) is 10.1. The van der Waals surface area contributed by atoms with Crippen LogP contribution in [0.3, 0.4) is 0 Å². The van der Waals surface area contributed by atoms with E-state index in [1.165, 1.54) is 0 Å². The highest BCUT2D eigenvalue weighted by molar-refractivity contribution is 5.99. The van der Waals surface area contributed by atoms with Crippen molar-refractivity contribution in [2.24, 2.45) is 0 Å². The van der Waals surface area contributed by atoms with Crippen LogP contribution in [-0.2, 0) is 6.42 Å². The fraction of sp³-hybridized carbons (Fsp3) is 0.417. The van der Waals surface area contributed by atoms with Gasteiger partial charge in [-0.15, -0.1) is 0 Å². The first-order valence-electron chi connectivity index (χ1n) is 5.04. The smallest absolute Gasteiger partial charge is 0.166 e. The Hall–Kier alpha value is -1.31. The highest BCUT2D eigenvalue weighted by Gasteiger charge is 2.13. The third kappa shape index (κ3) is 2.13. The molecule has 0 saturated carbocycles. The molecule has 14 heavy (non-hydrogen) atoms. The Kier molecular flexibility index (Phi) is 3.69. The first-order valence-corrected chi connectivity index (χ1v) is 5.04. The fourth-order valence-corrected chi connectivity index (χ4v) is 1.56. The Morgan fingerprint density at radius 2 is 2.07 bits per heavy atom. The number of rotatable bonds is 4. The number of carbonyl (C=O) groups is 1. The molecule has 2 nitrogen and oxygen atoms in total. The number of hydrogen-bond donors (Lipinski definition) is 1. The molecule has 0 fully saturated rings. The number of aryl methyl sites for hydroxylation is 1. The summed E-state index contributed by atoms with van der Waals surface area (Å²) in [7, 11) is 0. The maximum atomic E-state index is 11.6. The van der Waals surface area contributed by atoms with Crippen molar-refractivity contribution in [3.63, 3.8) is 0 Å². The molecule has 0 spiro atoms. The number of Topliss-reactive ketones (excluding diaryl/α,β-unsaturated/α-hetero) is 1. The van der Waals surface area contributed by atoms with Crippen LogP contribution in [0.1, 0.15) is 42.6 Å². The van der Waals surface area contributed by atoms with E-state index >= 15 is 0 Å². The number of hydrogen-bond acceptors (Lipinski definition) is 2. The van der Waals surface area contributed by atoms with Gasteiger partial charge in [-0.05, 0) is 18.1 Å². The number of benzene rings is 1. The van der Waals surface area contributed by atoms with Crippen LogP contribution in [-0.4, -0.2) is 10.9 Å². The van der Waals surface area contributed by atoms with Crippen LogP contribution in [0, 0.1) is 0 Å². The van der Waals surface area contributed by atoms with Crippen molar-refractivity contribution in [3.05, 3.63) is 29.3 Å². The maximum Gasteiger partial charge on any atom is 0.166 e. The van der Waals surface area contributed by atoms with Gasteiger partial charge in [0.25, 0.3) is 0 Å². The molecule has 0 aliphatic rings. The molecule has 0 aliphatic heterocycles. The summed E-state index contributed by atoms with van der Waals surface area (Å²) in [6.07, 6.45) is 2.26. The van der Waals surface area contributed by atoms with E-state index in [-0.39, 0.29) is 11.5 Å². The van der Waals surface area contributed by atoms with E-state index in [4.69, 9.17) is 0 Å². The highest BCUT2D eigenvalue weighted by atomic mass is 16.3. The van der Waals surface area contributed by atoms with Gasteiger partial charge in [-0.1, -0.05) is 32.4 Å². The second-order valence-corrected chi connectivity index (χ2v) is 3.34. The number of aromatic hydroxyl groups is 1. The molecule has 0 amide bonds. The largest absolute Gasteiger partial charge is 0.507 e. The van der Waals surface area contributed by atoms with Crippen LogP contribution in [0.15, 0.2) is 18.2 Å². The molecule has 0 heterocycles. The minimum atomic E-state index is 0.0200. The first-order chi connectivity index (χ1) is 6.70. The van der Waals surface area contributed by atoms with Crippen molar-refractivity contribution in [1.29, 1.82) is 0 Å². The predicted molar refractivity (Wildman–Crippen MR) is 56.7 cm³/mol. The summed E-state index contributed by atoms with van der Waals surface area (Å²) in [6, 6.07) is 5.26. The molecular weight excluding hydrogens is 176 g/mol. The second kappa shape index (κ2) is 4.80. The van der Waals surface area contributed by atoms with Gasteiger partial charge in [0.05, 0.1) is 5.56 Å². The van der Waals surface area contributed by atoms with Crippen LogP contribution in [0.4, 0.5) is 0 Å². The van der Waals surface area contributed by atoms with Crippen molar-refractivity contribution < 1.29 is 9.90 Å². The highest BCUT2D eigenvalue weighted by Crippen LogP contribution is 2.23. The molecule has 1 rings (SSSR count). The lowest BCUT2D eigenvalue weighted by atomic mass is 9.98. The summed E-state index contributed by atoms with van der Waals surface area (Å²) >= 11 is 0. The molecule has 0 aliphatic carbocycles. The van der Waals surface area contributed by atoms with E-state index in [1.54, 1.807) is 12.1 Å². The number of phenolic OH excluding ortho intramolecular Hbond substituents is 1. The summed E-state index contributed by atoms with van der Waals surface area (Å²) in [4.78, 5) is 11.6. The van der Waals surface area contributed by atoms with Gasteiger partial charge < -0.3 is 5.11 Å². The Morgan fingerprint density at radius 3 is 2.64 bits per heavy atom. The Labute approximate surface area is 84.6 Å². The van der Waals surface area contributed by atoms with Gasteiger partial charge in [0.1, 0.15) is 5.75 Å². The SMILES string of the molecule is CCCc1cccc(O)c1C(=O)CC. The van der Waals surface area contributed by atoms with E-state index in [0.717, 1.165) is 18.4 Å². The Morgan fingerprint density at radius 1 is 1.36 bits per heavy atom. The number of phenols is 1. The number of carbonyl (C=O) groups excluding carboxylic acids is 1. The molecule has 0 unspecified atom stereocenters. The van der Waals surface area contributed by atoms with E-state index in [0.29, 0.717) is 12.0 Å². The summed E-state index contributed by atoms with van der Waals surface area (Å²) in [5.74, 6) is 0.134. The quantitative estimate of drug-likeness (QED) is 0.745. The molecule has 0 radical (unpaired) electrons. The standard InChI is InChI=1S/C12H16O2/c1-3-6-9-7-5-8-11(14)12(9)10(13)4-2/h5,7-8,14H,3-4,6H2,1-2H3. The zero-order chi connectivity index (χ0) is 10.6. The van der Waals surface area contributed by atoms with Crippen molar-refractivity contribution in [1.82, 2.24) is 0 Å². The summed E-state index contributed by atoms with van der Waals surface area (Å²) in [6.45, 7) is 3.87. The molecule has 0 bridgehead atoms. The van der Waals surface area contributed by atoms with Crippen molar-refractivity contribution >= 4 is 5.78 Å². The average Bonchev–Trinajstić information content (AvgIpc) is 2.18. The molecule has 0 saturated heterocycles. The van der Waals surface area contributed by atoms with Gasteiger partial charge >= 0.3 is 0 Å². The summed E-state index contributed by atoms with van der Waals surface area (Å²) in [5, 5.41) is 9.60. The number of ketones is 1. The molecule has 1 aromatic rings. The molecule has 1 N–H and O–H groups in total. The van der Waals surface area contributed by atoms with E-state index in [1.807, 2.05) is 13.0 Å². The van der Waals surface area contributed by atoms with Crippen LogP contribution < -0.4 is 0 Å². The van der Waals surface area contributed by atoms with Gasteiger partial charge in [-0.2, -0.15) is 0 Å². The molecule has 1 aromatic carbocycles. The Bertz CT molecular complexity index is 329. The third-order valence-corrected chi connectivity index (χ3v) is 2.25. The zero-order valence-corrected chi connectivity index (χ0v) is 8.71. The van der Waals surface area contributed by atoms with Crippen molar-refractivity contribution in [2.75, 3.05) is 0 Å². The topological polar surface area (TPSA) is 37.3 Å². The molecular formula is C12H16O2. The molecule has 0 atom stereocenters. The second-order valence-electron chi connectivity index (χ2n) is 3.34. The van der Waals surface area contributed by atoms with Gasteiger partial charge in [0, 0.05) is 6.42 Å². The summed E-state index contributed by atoms with van der Waals surface area (Å²) < 4.78 is 0. The van der Waals surface area contributed by atoms with E-state index in [2.05, 4.69) is 6.92 Å². The van der Waals surface area contributed by atoms with Crippen LogP contribution in [0.25, 0.3) is 0 Å².